The number of fused-ring (bicyclic) bond motifs is 7. The van der Waals surface area contributed by atoms with Crippen molar-refractivity contribution in [3.63, 3.8) is 0 Å². The maximum atomic E-state index is 5.52. The minimum absolute atomic E-state index is 0.208. The number of allylic oxidation sites excluding steroid dienone is 2. The van der Waals surface area contributed by atoms with Gasteiger partial charge in [0.1, 0.15) is 11.6 Å². The van der Waals surface area contributed by atoms with Gasteiger partial charge in [0.05, 0.1) is 56.6 Å². The first-order valence-corrected chi connectivity index (χ1v) is 23.1. The molecule has 1 aliphatic rings. The van der Waals surface area contributed by atoms with E-state index in [0.29, 0.717) is 0 Å². The number of rotatable bonds is 8. The Morgan fingerprint density at radius 3 is 1.47 bits per heavy atom. The van der Waals surface area contributed by atoms with E-state index in [0.717, 1.165) is 112 Å². The van der Waals surface area contributed by atoms with Crippen molar-refractivity contribution in [2.45, 2.75) is 6.04 Å². The molecule has 0 amide bonds. The van der Waals surface area contributed by atoms with Gasteiger partial charge < -0.3 is 5.32 Å². The summed E-state index contributed by atoms with van der Waals surface area (Å²) < 4.78 is 4.75. The van der Waals surface area contributed by atoms with Gasteiger partial charge in [-0.3, -0.25) is 14.1 Å². The largest absolute Gasteiger partial charge is 0.359 e. The number of aromatic nitrogens is 5. The summed E-state index contributed by atoms with van der Waals surface area (Å²) in [6.07, 6.45) is 6.55. The average molecular weight is 871 g/mol. The molecule has 0 spiro atoms. The van der Waals surface area contributed by atoms with Crippen LogP contribution in [-0.2, 0) is 0 Å². The van der Waals surface area contributed by atoms with Gasteiger partial charge in [0.15, 0.2) is 0 Å². The van der Waals surface area contributed by atoms with Gasteiger partial charge in [0, 0.05) is 32.7 Å². The van der Waals surface area contributed by atoms with Crippen molar-refractivity contribution in [1.29, 1.82) is 0 Å². The highest BCUT2D eigenvalue weighted by molar-refractivity contribution is 6.24. The summed E-state index contributed by atoms with van der Waals surface area (Å²) in [6.45, 7) is 0. The predicted octanol–water partition coefficient (Wildman–Crippen LogP) is 15.1. The quantitative estimate of drug-likeness (QED) is 0.165. The minimum Gasteiger partial charge on any atom is -0.359 e. The summed E-state index contributed by atoms with van der Waals surface area (Å²) in [4.78, 5) is 16.1. The molecule has 0 radical (unpaired) electrons. The van der Waals surface area contributed by atoms with Crippen LogP contribution in [0.2, 0.25) is 0 Å². The van der Waals surface area contributed by atoms with Crippen LogP contribution in [0, 0.1) is 0 Å². The Balaban J connectivity index is 0.998. The zero-order valence-corrected chi connectivity index (χ0v) is 36.9. The molecule has 12 aromatic rings. The number of nitrogens with zero attached hydrogens (tertiary/aromatic N) is 5. The van der Waals surface area contributed by atoms with E-state index in [1.54, 1.807) is 0 Å². The van der Waals surface area contributed by atoms with Crippen LogP contribution < -0.4 is 5.32 Å². The molecule has 0 aliphatic carbocycles. The Hall–Kier alpha value is -9.13. The summed E-state index contributed by atoms with van der Waals surface area (Å²) in [5, 5.41) is 8.61. The van der Waals surface area contributed by atoms with E-state index in [2.05, 4.69) is 245 Å². The molecule has 320 valence electrons. The fourth-order valence-corrected chi connectivity index (χ4v) is 9.99. The van der Waals surface area contributed by atoms with Crippen molar-refractivity contribution in [2.75, 3.05) is 0 Å². The summed E-state index contributed by atoms with van der Waals surface area (Å²) in [6, 6.07) is 78.7. The van der Waals surface area contributed by atoms with Crippen molar-refractivity contribution >= 4 is 49.4 Å². The van der Waals surface area contributed by atoms with Crippen LogP contribution in [0.3, 0.4) is 0 Å². The van der Waals surface area contributed by atoms with Gasteiger partial charge in [-0.05, 0) is 76.9 Å². The zero-order valence-electron chi connectivity index (χ0n) is 36.9. The van der Waals surface area contributed by atoms with Gasteiger partial charge in [0.25, 0.3) is 0 Å². The van der Waals surface area contributed by atoms with Crippen molar-refractivity contribution in [1.82, 2.24) is 29.4 Å². The Morgan fingerprint density at radius 2 is 0.853 bits per heavy atom. The Labute approximate surface area is 393 Å². The second kappa shape index (κ2) is 16.4. The van der Waals surface area contributed by atoms with Gasteiger partial charge in [-0.25, -0.2) is 9.97 Å². The van der Waals surface area contributed by atoms with Crippen LogP contribution >= 0.6 is 0 Å². The standard InChI is InChI=1S/C62H42N6/c1-5-19-41(20-6-1)45-37-53(43-23-9-3-10-24-43)63-55(39-45)51-29-17-33-59(65-51)67-57-31-15-13-27-47(57)49-35-36-50-48-28-14-16-32-58(48)68(62(50)61(49)67)60-34-18-30-52(66-60)56-40-46(42-21-7-2-8-22-42)38-54(64-56)44-25-11-4-12-26-44/h1-40,51,65H. The monoisotopic (exact) mass is 870 g/mol. The Kier molecular flexibility index (Phi) is 9.46. The van der Waals surface area contributed by atoms with E-state index in [1.807, 2.05) is 12.1 Å². The number of hydrogen-bond acceptors (Lipinski definition) is 4. The van der Waals surface area contributed by atoms with Gasteiger partial charge in [-0.15, -0.1) is 0 Å². The van der Waals surface area contributed by atoms with E-state index in [9.17, 15) is 0 Å². The fourth-order valence-electron chi connectivity index (χ4n) is 9.99. The van der Waals surface area contributed by atoms with Crippen LogP contribution in [0.5, 0.6) is 0 Å². The van der Waals surface area contributed by atoms with Crippen molar-refractivity contribution in [3.8, 4) is 62.0 Å². The summed E-state index contributed by atoms with van der Waals surface area (Å²) in [7, 11) is 0. The van der Waals surface area contributed by atoms with Crippen LogP contribution in [-0.4, -0.2) is 24.1 Å². The van der Waals surface area contributed by atoms with Crippen LogP contribution in [0.25, 0.3) is 111 Å². The van der Waals surface area contributed by atoms with E-state index < -0.39 is 0 Å². The molecule has 1 N–H and O–H groups in total. The molecule has 6 heteroatoms. The van der Waals surface area contributed by atoms with Gasteiger partial charge in [-0.2, -0.15) is 0 Å². The fraction of sp³-hybridized carbons (Fsp3) is 0.0161. The van der Waals surface area contributed by atoms with Crippen LogP contribution in [0.1, 0.15) is 11.7 Å². The number of hydrogen-bond donors (Lipinski definition) is 1. The first kappa shape index (κ1) is 39.3. The number of nitrogens with one attached hydrogen (secondary N) is 1. The normalized spacial score (nSPS) is 13.6. The highest BCUT2D eigenvalue weighted by Crippen LogP contribution is 2.42. The summed E-state index contributed by atoms with van der Waals surface area (Å²) >= 11 is 0. The van der Waals surface area contributed by atoms with E-state index in [4.69, 9.17) is 15.0 Å². The Bertz CT molecular complexity index is 3810. The van der Waals surface area contributed by atoms with Crippen LogP contribution in [0.15, 0.2) is 243 Å². The number of benzene rings is 7. The summed E-state index contributed by atoms with van der Waals surface area (Å²) in [5.41, 5.74) is 15.3. The van der Waals surface area contributed by atoms with Gasteiger partial charge in [0.2, 0.25) is 0 Å². The number of dihydropyridines is 1. The van der Waals surface area contributed by atoms with E-state index >= 15 is 0 Å². The van der Waals surface area contributed by atoms with Gasteiger partial charge in [-0.1, -0.05) is 188 Å². The average Bonchev–Trinajstić information content (AvgIpc) is 3.95. The molecule has 68 heavy (non-hydrogen) atoms. The molecule has 13 rings (SSSR count). The highest BCUT2D eigenvalue weighted by Gasteiger charge is 2.25. The van der Waals surface area contributed by atoms with Crippen LogP contribution in [0.4, 0.5) is 0 Å². The maximum absolute atomic E-state index is 5.52. The molecule has 7 aromatic carbocycles. The SMILES string of the molecule is C1=CC(c2cc(-c3ccccc3)cc(-c3ccccc3)n2)NC(n2c3ccccc3c3ccc4c5ccccc5n(-c5cccc(-c6cc(-c7ccccc7)cc(-c7ccccc7)n6)n5)c4c32)=C1. The van der Waals surface area contributed by atoms with Gasteiger partial charge >= 0.3 is 0 Å². The molecular formula is C62H42N6. The topological polar surface area (TPSA) is 60.6 Å². The molecule has 0 fully saturated rings. The van der Waals surface area contributed by atoms with Crippen molar-refractivity contribution < 1.29 is 0 Å². The molecule has 0 saturated heterocycles. The predicted molar refractivity (Wildman–Crippen MR) is 280 cm³/mol. The first-order chi connectivity index (χ1) is 33.7. The van der Waals surface area contributed by atoms with E-state index in [-0.39, 0.29) is 6.04 Å². The van der Waals surface area contributed by atoms with E-state index in [1.165, 1.54) is 5.39 Å². The lowest BCUT2D eigenvalue weighted by Crippen LogP contribution is -2.24. The lowest BCUT2D eigenvalue weighted by molar-refractivity contribution is 0.714. The maximum Gasteiger partial charge on any atom is 0.138 e. The number of pyridine rings is 3. The third-order valence-electron chi connectivity index (χ3n) is 13.1. The molecule has 1 atom stereocenters. The third kappa shape index (κ3) is 6.77. The first-order valence-electron chi connectivity index (χ1n) is 23.1. The molecule has 6 heterocycles. The van der Waals surface area contributed by atoms with Crippen molar-refractivity contribution in [3.05, 3.63) is 248 Å². The zero-order chi connectivity index (χ0) is 45.0. The smallest absolute Gasteiger partial charge is 0.138 e. The molecule has 0 saturated carbocycles. The number of para-hydroxylation sites is 2. The minimum atomic E-state index is -0.208. The highest BCUT2D eigenvalue weighted by atomic mass is 15.2. The molecule has 1 aliphatic heterocycles. The lowest BCUT2D eigenvalue weighted by atomic mass is 9.99. The lowest BCUT2D eigenvalue weighted by Gasteiger charge is -2.24. The molecule has 5 aromatic heterocycles. The van der Waals surface area contributed by atoms with Crippen molar-refractivity contribution in [2.24, 2.45) is 0 Å². The molecular weight excluding hydrogens is 829 g/mol. The Morgan fingerprint density at radius 1 is 0.353 bits per heavy atom. The third-order valence-corrected chi connectivity index (χ3v) is 13.1. The summed E-state index contributed by atoms with van der Waals surface area (Å²) in [5.74, 6) is 1.77. The molecule has 6 nitrogen and oxygen atoms in total. The molecule has 0 bridgehead atoms. The molecule has 1 unspecified atom stereocenters. The second-order valence-corrected chi connectivity index (χ2v) is 17.3. The second-order valence-electron chi connectivity index (χ2n) is 17.3.